The van der Waals surface area contributed by atoms with Crippen molar-refractivity contribution in [2.24, 2.45) is 0 Å². The smallest absolute Gasteiger partial charge is 0.220 e. The van der Waals surface area contributed by atoms with E-state index in [0.29, 0.717) is 5.95 Å². The highest BCUT2D eigenvalue weighted by molar-refractivity contribution is 5.76. The minimum atomic E-state index is 0.313. The SMILES string of the molecule is Cc1cc(-c2ccccc2N(C)C)nc(N)n1. The van der Waals surface area contributed by atoms with Gasteiger partial charge in [0.1, 0.15) is 0 Å². The standard InChI is InChI=1S/C13H16N4/c1-9-8-11(16-13(14)15-9)10-6-4-5-7-12(10)17(2)3/h4-8H,1-3H3,(H2,14,15,16). The van der Waals surface area contributed by atoms with Crippen molar-refractivity contribution in [1.29, 1.82) is 0 Å². The lowest BCUT2D eigenvalue weighted by Gasteiger charge is -2.17. The van der Waals surface area contributed by atoms with Gasteiger partial charge in [-0.25, -0.2) is 9.97 Å². The fourth-order valence-corrected chi connectivity index (χ4v) is 1.81. The van der Waals surface area contributed by atoms with E-state index < -0.39 is 0 Å². The van der Waals surface area contributed by atoms with Gasteiger partial charge in [-0.15, -0.1) is 0 Å². The fourth-order valence-electron chi connectivity index (χ4n) is 1.81. The summed E-state index contributed by atoms with van der Waals surface area (Å²) in [5.41, 5.74) is 9.60. The van der Waals surface area contributed by atoms with Crippen LogP contribution < -0.4 is 10.6 Å². The second kappa shape index (κ2) is 4.41. The van der Waals surface area contributed by atoms with Gasteiger partial charge >= 0.3 is 0 Å². The molecule has 0 aliphatic heterocycles. The van der Waals surface area contributed by atoms with E-state index in [1.807, 2.05) is 45.3 Å². The third kappa shape index (κ3) is 2.36. The summed E-state index contributed by atoms with van der Waals surface area (Å²) in [4.78, 5) is 10.4. The highest BCUT2D eigenvalue weighted by Gasteiger charge is 2.08. The molecule has 0 saturated heterocycles. The van der Waals surface area contributed by atoms with Gasteiger partial charge in [-0.2, -0.15) is 0 Å². The molecule has 0 amide bonds. The Kier molecular flexibility index (Phi) is 2.95. The lowest BCUT2D eigenvalue weighted by molar-refractivity contribution is 1.10. The quantitative estimate of drug-likeness (QED) is 0.855. The number of nitrogens with zero attached hydrogens (tertiary/aromatic N) is 3. The molecule has 2 rings (SSSR count). The van der Waals surface area contributed by atoms with Crippen molar-refractivity contribution < 1.29 is 0 Å². The topological polar surface area (TPSA) is 55.0 Å². The Labute approximate surface area is 101 Å². The van der Waals surface area contributed by atoms with Gasteiger partial charge in [0, 0.05) is 31.0 Å². The molecule has 0 fully saturated rings. The normalized spacial score (nSPS) is 10.3. The van der Waals surface area contributed by atoms with Crippen LogP contribution in [0.2, 0.25) is 0 Å². The predicted octanol–water partition coefficient (Wildman–Crippen LogP) is 2.10. The van der Waals surface area contributed by atoms with Gasteiger partial charge in [-0.05, 0) is 19.1 Å². The molecule has 1 aromatic heterocycles. The molecule has 0 aliphatic carbocycles. The van der Waals surface area contributed by atoms with Crippen LogP contribution in [-0.4, -0.2) is 24.1 Å². The number of benzene rings is 1. The van der Waals surface area contributed by atoms with E-state index in [-0.39, 0.29) is 0 Å². The minimum absolute atomic E-state index is 0.313. The molecule has 4 nitrogen and oxygen atoms in total. The maximum absolute atomic E-state index is 5.69. The van der Waals surface area contributed by atoms with Crippen molar-refractivity contribution in [3.8, 4) is 11.3 Å². The Hall–Kier alpha value is -2.10. The van der Waals surface area contributed by atoms with Crippen LogP contribution in [0.15, 0.2) is 30.3 Å². The van der Waals surface area contributed by atoms with E-state index in [2.05, 4.69) is 20.9 Å². The van der Waals surface area contributed by atoms with Gasteiger partial charge < -0.3 is 10.6 Å². The number of hydrogen-bond acceptors (Lipinski definition) is 4. The second-order valence-electron chi connectivity index (χ2n) is 4.16. The highest BCUT2D eigenvalue weighted by atomic mass is 15.1. The Balaban J connectivity index is 2.60. The lowest BCUT2D eigenvalue weighted by Crippen LogP contribution is -2.10. The van der Waals surface area contributed by atoms with Gasteiger partial charge in [0.05, 0.1) is 5.69 Å². The molecule has 1 aromatic carbocycles. The zero-order valence-corrected chi connectivity index (χ0v) is 10.3. The third-order valence-electron chi connectivity index (χ3n) is 2.53. The van der Waals surface area contributed by atoms with Crippen LogP contribution in [0.5, 0.6) is 0 Å². The second-order valence-corrected chi connectivity index (χ2v) is 4.16. The monoisotopic (exact) mass is 228 g/mol. The molecule has 0 atom stereocenters. The first-order valence-electron chi connectivity index (χ1n) is 5.46. The van der Waals surface area contributed by atoms with Crippen molar-refractivity contribution in [3.63, 3.8) is 0 Å². The van der Waals surface area contributed by atoms with E-state index in [1.165, 1.54) is 0 Å². The fraction of sp³-hybridized carbons (Fsp3) is 0.231. The van der Waals surface area contributed by atoms with Gasteiger partial charge in [0.15, 0.2) is 0 Å². The van der Waals surface area contributed by atoms with E-state index in [1.54, 1.807) is 0 Å². The molecular weight excluding hydrogens is 212 g/mol. The van der Waals surface area contributed by atoms with Crippen LogP contribution in [0.1, 0.15) is 5.69 Å². The highest BCUT2D eigenvalue weighted by Crippen LogP contribution is 2.28. The summed E-state index contributed by atoms with van der Waals surface area (Å²) in [6, 6.07) is 10.0. The summed E-state index contributed by atoms with van der Waals surface area (Å²) in [5.74, 6) is 0.313. The van der Waals surface area contributed by atoms with Crippen LogP contribution in [0, 0.1) is 6.92 Å². The molecule has 1 heterocycles. The Morgan fingerprint density at radius 2 is 1.82 bits per heavy atom. The molecule has 0 radical (unpaired) electrons. The number of aryl methyl sites for hydroxylation is 1. The third-order valence-corrected chi connectivity index (χ3v) is 2.53. The number of anilines is 2. The van der Waals surface area contributed by atoms with Crippen molar-refractivity contribution in [2.45, 2.75) is 6.92 Å². The number of rotatable bonds is 2. The van der Waals surface area contributed by atoms with Gasteiger partial charge in [-0.3, -0.25) is 0 Å². The zero-order chi connectivity index (χ0) is 12.4. The zero-order valence-electron chi connectivity index (χ0n) is 10.3. The molecule has 0 saturated carbocycles. The molecule has 2 aromatic rings. The summed E-state index contributed by atoms with van der Waals surface area (Å²) in [6.45, 7) is 1.92. The van der Waals surface area contributed by atoms with Gasteiger partial charge in [-0.1, -0.05) is 18.2 Å². The number of hydrogen-bond donors (Lipinski definition) is 1. The van der Waals surface area contributed by atoms with Crippen molar-refractivity contribution in [1.82, 2.24) is 9.97 Å². The first-order chi connectivity index (χ1) is 8.08. The number of para-hydroxylation sites is 1. The summed E-state index contributed by atoms with van der Waals surface area (Å²) >= 11 is 0. The van der Waals surface area contributed by atoms with Gasteiger partial charge in [0.25, 0.3) is 0 Å². The summed E-state index contributed by atoms with van der Waals surface area (Å²) < 4.78 is 0. The Morgan fingerprint density at radius 1 is 1.12 bits per heavy atom. The molecule has 0 aliphatic rings. The van der Waals surface area contributed by atoms with E-state index in [9.17, 15) is 0 Å². The van der Waals surface area contributed by atoms with Crippen LogP contribution >= 0.6 is 0 Å². The average molecular weight is 228 g/mol. The molecule has 2 N–H and O–H groups in total. The molecule has 4 heteroatoms. The molecular formula is C13H16N4. The molecule has 0 bridgehead atoms. The first kappa shape index (κ1) is 11.4. The van der Waals surface area contributed by atoms with Gasteiger partial charge in [0.2, 0.25) is 5.95 Å². The predicted molar refractivity (Wildman–Crippen MR) is 70.9 cm³/mol. The molecule has 88 valence electrons. The maximum atomic E-state index is 5.69. The van der Waals surface area contributed by atoms with Crippen LogP contribution in [0.3, 0.4) is 0 Å². The van der Waals surface area contributed by atoms with Crippen LogP contribution in [0.25, 0.3) is 11.3 Å². The summed E-state index contributed by atoms with van der Waals surface area (Å²) in [6.07, 6.45) is 0. The van der Waals surface area contributed by atoms with Crippen molar-refractivity contribution >= 4 is 11.6 Å². The van der Waals surface area contributed by atoms with Crippen LogP contribution in [-0.2, 0) is 0 Å². The van der Waals surface area contributed by atoms with E-state index >= 15 is 0 Å². The number of nitrogen functional groups attached to an aromatic ring is 1. The lowest BCUT2D eigenvalue weighted by atomic mass is 10.1. The number of nitrogens with two attached hydrogens (primary N) is 1. The first-order valence-corrected chi connectivity index (χ1v) is 5.46. The van der Waals surface area contributed by atoms with Crippen molar-refractivity contribution in [2.75, 3.05) is 24.7 Å². The average Bonchev–Trinajstić information content (AvgIpc) is 2.27. The summed E-state index contributed by atoms with van der Waals surface area (Å²) in [5, 5.41) is 0. The van der Waals surface area contributed by atoms with E-state index in [0.717, 1.165) is 22.6 Å². The largest absolute Gasteiger partial charge is 0.377 e. The maximum Gasteiger partial charge on any atom is 0.220 e. The minimum Gasteiger partial charge on any atom is -0.377 e. The Bertz CT molecular complexity index is 514. The number of aromatic nitrogens is 2. The summed E-state index contributed by atoms with van der Waals surface area (Å²) in [7, 11) is 4.02. The Morgan fingerprint density at radius 3 is 2.47 bits per heavy atom. The van der Waals surface area contributed by atoms with E-state index in [4.69, 9.17) is 5.73 Å². The molecule has 0 spiro atoms. The molecule has 17 heavy (non-hydrogen) atoms. The molecule has 0 unspecified atom stereocenters. The van der Waals surface area contributed by atoms with Crippen molar-refractivity contribution in [3.05, 3.63) is 36.0 Å². The van der Waals surface area contributed by atoms with Crippen LogP contribution in [0.4, 0.5) is 11.6 Å².